The lowest BCUT2D eigenvalue weighted by Gasteiger charge is -2.18. The van der Waals surface area contributed by atoms with E-state index in [0.717, 1.165) is 0 Å². The van der Waals surface area contributed by atoms with Crippen LogP contribution in [0.25, 0.3) is 0 Å². The van der Waals surface area contributed by atoms with Gasteiger partial charge in [0.2, 0.25) is 5.91 Å². The minimum absolute atomic E-state index is 0.0426. The molecule has 1 amide bonds. The molecule has 0 bridgehead atoms. The highest BCUT2D eigenvalue weighted by molar-refractivity contribution is 7.80. The fourth-order valence-electron chi connectivity index (χ4n) is 1.93. The summed E-state index contributed by atoms with van der Waals surface area (Å²) in [6.07, 6.45) is 0.497. The van der Waals surface area contributed by atoms with E-state index in [0.29, 0.717) is 35.0 Å². The van der Waals surface area contributed by atoms with Crippen LogP contribution in [-0.4, -0.2) is 18.2 Å². The molecule has 1 heterocycles. The molecule has 0 N–H and O–H groups in total. The van der Waals surface area contributed by atoms with Gasteiger partial charge in [0, 0.05) is 13.0 Å². The first kappa shape index (κ1) is 12.3. The number of carbonyl (C=O) groups is 1. The number of hydrogen-bond donors (Lipinski definition) is 1. The number of benzene rings is 1. The van der Waals surface area contributed by atoms with E-state index in [1.807, 2.05) is 6.07 Å². The Morgan fingerprint density at radius 3 is 2.94 bits per heavy atom. The molecule has 0 spiro atoms. The number of thiol groups is 1. The van der Waals surface area contributed by atoms with Crippen molar-refractivity contribution < 1.29 is 4.79 Å². The Bertz CT molecular complexity index is 498. The molecular formula is C12H11ClN2OS. The van der Waals surface area contributed by atoms with Crippen LogP contribution in [0.3, 0.4) is 0 Å². The van der Waals surface area contributed by atoms with Gasteiger partial charge in [0.15, 0.2) is 0 Å². The van der Waals surface area contributed by atoms with Crippen LogP contribution in [0.4, 0.5) is 5.69 Å². The summed E-state index contributed by atoms with van der Waals surface area (Å²) in [6, 6.07) is 6.99. The molecule has 3 nitrogen and oxygen atoms in total. The van der Waals surface area contributed by atoms with Crippen LogP contribution in [0.5, 0.6) is 0 Å². The number of nitrogens with zero attached hydrogens (tertiary/aromatic N) is 2. The third kappa shape index (κ3) is 2.41. The number of hydrogen-bond acceptors (Lipinski definition) is 3. The van der Waals surface area contributed by atoms with Crippen molar-refractivity contribution in [2.45, 2.75) is 6.42 Å². The average molecular weight is 267 g/mol. The van der Waals surface area contributed by atoms with E-state index in [9.17, 15) is 4.79 Å². The summed E-state index contributed by atoms with van der Waals surface area (Å²) in [5.74, 6) is 0.978. The molecule has 1 aliphatic heterocycles. The number of anilines is 1. The lowest BCUT2D eigenvalue weighted by atomic mass is 10.1. The summed E-state index contributed by atoms with van der Waals surface area (Å²) in [4.78, 5) is 13.5. The van der Waals surface area contributed by atoms with Crippen molar-refractivity contribution in [2.75, 3.05) is 17.2 Å². The van der Waals surface area contributed by atoms with Gasteiger partial charge in [0.05, 0.1) is 22.3 Å². The van der Waals surface area contributed by atoms with Crippen LogP contribution in [0.1, 0.15) is 12.0 Å². The molecule has 1 aliphatic rings. The van der Waals surface area contributed by atoms with E-state index >= 15 is 0 Å². The molecule has 1 fully saturated rings. The number of halogens is 1. The Balaban J connectivity index is 2.34. The SMILES string of the molecule is N#Cc1ccc(Cl)c(N2CC(CS)CC2=O)c1. The summed E-state index contributed by atoms with van der Waals surface area (Å²) in [6.45, 7) is 0.622. The maximum atomic E-state index is 11.8. The van der Waals surface area contributed by atoms with Crippen molar-refractivity contribution >= 4 is 35.8 Å². The normalized spacial score (nSPS) is 19.5. The lowest BCUT2D eigenvalue weighted by Crippen LogP contribution is -2.25. The first-order chi connectivity index (χ1) is 8.15. The largest absolute Gasteiger partial charge is 0.311 e. The second kappa shape index (κ2) is 4.99. The van der Waals surface area contributed by atoms with Crippen molar-refractivity contribution in [1.82, 2.24) is 0 Å². The molecule has 88 valence electrons. The molecule has 1 unspecified atom stereocenters. The number of nitriles is 1. The van der Waals surface area contributed by atoms with Crippen LogP contribution >= 0.6 is 24.2 Å². The van der Waals surface area contributed by atoms with E-state index in [1.165, 1.54) is 0 Å². The van der Waals surface area contributed by atoms with Gasteiger partial charge in [-0.2, -0.15) is 17.9 Å². The van der Waals surface area contributed by atoms with Gasteiger partial charge in [0.1, 0.15) is 0 Å². The fourth-order valence-corrected chi connectivity index (χ4v) is 2.39. The van der Waals surface area contributed by atoms with Gasteiger partial charge in [-0.25, -0.2) is 0 Å². The van der Waals surface area contributed by atoms with Gasteiger partial charge in [-0.3, -0.25) is 4.79 Å². The summed E-state index contributed by atoms with van der Waals surface area (Å²) < 4.78 is 0. The van der Waals surface area contributed by atoms with Gasteiger partial charge in [-0.15, -0.1) is 0 Å². The molecule has 0 saturated carbocycles. The fraction of sp³-hybridized carbons (Fsp3) is 0.333. The van der Waals surface area contributed by atoms with E-state index in [-0.39, 0.29) is 11.8 Å². The Kier molecular flexibility index (Phi) is 3.60. The highest BCUT2D eigenvalue weighted by Crippen LogP contribution is 2.32. The van der Waals surface area contributed by atoms with Crippen LogP contribution in [0, 0.1) is 17.2 Å². The van der Waals surface area contributed by atoms with Crippen LogP contribution in [0.2, 0.25) is 5.02 Å². The molecule has 1 aromatic carbocycles. The topological polar surface area (TPSA) is 44.1 Å². The molecule has 1 atom stereocenters. The third-order valence-electron chi connectivity index (χ3n) is 2.83. The third-order valence-corrected chi connectivity index (χ3v) is 3.67. The Morgan fingerprint density at radius 1 is 1.59 bits per heavy atom. The molecule has 1 saturated heterocycles. The van der Waals surface area contributed by atoms with Crippen LogP contribution in [-0.2, 0) is 4.79 Å². The summed E-state index contributed by atoms with van der Waals surface area (Å²) in [5.41, 5.74) is 1.13. The standard InChI is InChI=1S/C12H11ClN2OS/c13-10-2-1-8(5-14)3-11(10)15-6-9(7-17)4-12(15)16/h1-3,9,17H,4,6-7H2. The maximum absolute atomic E-state index is 11.8. The Hall–Kier alpha value is -1.18. The lowest BCUT2D eigenvalue weighted by molar-refractivity contribution is -0.117. The van der Waals surface area contributed by atoms with E-state index < -0.39 is 0 Å². The summed E-state index contributed by atoms with van der Waals surface area (Å²) in [5, 5.41) is 9.35. The van der Waals surface area contributed by atoms with E-state index in [4.69, 9.17) is 16.9 Å². The maximum Gasteiger partial charge on any atom is 0.227 e. The molecule has 0 aliphatic carbocycles. The summed E-state index contributed by atoms with van der Waals surface area (Å²) in [7, 11) is 0. The summed E-state index contributed by atoms with van der Waals surface area (Å²) >= 11 is 10.3. The van der Waals surface area contributed by atoms with Crippen molar-refractivity contribution in [3.8, 4) is 6.07 Å². The van der Waals surface area contributed by atoms with E-state index in [1.54, 1.807) is 23.1 Å². The zero-order valence-electron chi connectivity index (χ0n) is 9.06. The van der Waals surface area contributed by atoms with Gasteiger partial charge in [0.25, 0.3) is 0 Å². The highest BCUT2D eigenvalue weighted by atomic mass is 35.5. The smallest absolute Gasteiger partial charge is 0.227 e. The van der Waals surface area contributed by atoms with Crippen molar-refractivity contribution in [3.63, 3.8) is 0 Å². The molecular weight excluding hydrogens is 256 g/mol. The molecule has 0 aromatic heterocycles. The first-order valence-corrected chi connectivity index (χ1v) is 6.27. The van der Waals surface area contributed by atoms with E-state index in [2.05, 4.69) is 12.6 Å². The molecule has 0 radical (unpaired) electrons. The Morgan fingerprint density at radius 2 is 2.35 bits per heavy atom. The zero-order valence-corrected chi connectivity index (χ0v) is 10.7. The monoisotopic (exact) mass is 266 g/mol. The molecule has 2 rings (SSSR count). The zero-order chi connectivity index (χ0) is 12.4. The number of carbonyl (C=O) groups excluding carboxylic acids is 1. The van der Waals surface area contributed by atoms with Crippen LogP contribution in [0.15, 0.2) is 18.2 Å². The second-order valence-corrected chi connectivity index (χ2v) is 4.81. The molecule has 1 aromatic rings. The van der Waals surface area contributed by atoms with Gasteiger partial charge >= 0.3 is 0 Å². The predicted molar refractivity (Wildman–Crippen MR) is 70.5 cm³/mol. The van der Waals surface area contributed by atoms with Crippen molar-refractivity contribution in [1.29, 1.82) is 5.26 Å². The van der Waals surface area contributed by atoms with Crippen molar-refractivity contribution in [3.05, 3.63) is 28.8 Å². The second-order valence-electron chi connectivity index (χ2n) is 4.04. The Labute approximate surface area is 110 Å². The van der Waals surface area contributed by atoms with Crippen LogP contribution < -0.4 is 4.90 Å². The minimum Gasteiger partial charge on any atom is -0.311 e. The van der Waals surface area contributed by atoms with Crippen molar-refractivity contribution in [2.24, 2.45) is 5.92 Å². The molecule has 5 heteroatoms. The quantitative estimate of drug-likeness (QED) is 0.836. The van der Waals surface area contributed by atoms with Gasteiger partial charge in [-0.1, -0.05) is 11.6 Å². The minimum atomic E-state index is 0.0426. The number of amides is 1. The predicted octanol–water partition coefficient (Wildman–Crippen LogP) is 2.49. The van der Waals surface area contributed by atoms with Gasteiger partial charge < -0.3 is 4.90 Å². The average Bonchev–Trinajstić information content (AvgIpc) is 2.71. The first-order valence-electron chi connectivity index (χ1n) is 5.26. The van der Waals surface area contributed by atoms with Gasteiger partial charge in [-0.05, 0) is 29.9 Å². The molecule has 17 heavy (non-hydrogen) atoms. The number of rotatable bonds is 2. The highest BCUT2D eigenvalue weighted by Gasteiger charge is 2.30.